The Bertz CT molecular complexity index is 1100. The molecule has 0 aliphatic heterocycles. The van der Waals surface area contributed by atoms with Crippen molar-refractivity contribution >= 4 is 23.2 Å². The lowest BCUT2D eigenvalue weighted by atomic mass is 9.94. The van der Waals surface area contributed by atoms with Crippen LogP contribution in [0.3, 0.4) is 0 Å². The number of ether oxygens (including phenoxy) is 1. The van der Waals surface area contributed by atoms with Crippen LogP contribution in [0.25, 0.3) is 11.1 Å². The minimum absolute atomic E-state index is 0.224. The Balaban J connectivity index is 1.48. The molecule has 2 aliphatic rings. The maximum atomic E-state index is 14.2. The molecular formula is C24H21Cl2FN2O. The summed E-state index contributed by atoms with van der Waals surface area (Å²) in [5, 5.41) is 4.99. The van der Waals surface area contributed by atoms with E-state index < -0.39 is 0 Å². The zero-order valence-electron chi connectivity index (χ0n) is 16.3. The van der Waals surface area contributed by atoms with Gasteiger partial charge in [-0.1, -0.05) is 23.2 Å². The van der Waals surface area contributed by atoms with E-state index in [-0.39, 0.29) is 17.5 Å². The third-order valence-electron chi connectivity index (χ3n) is 5.76. The Morgan fingerprint density at radius 3 is 2.67 bits per heavy atom. The molecule has 30 heavy (non-hydrogen) atoms. The van der Waals surface area contributed by atoms with Gasteiger partial charge in [0.25, 0.3) is 0 Å². The van der Waals surface area contributed by atoms with E-state index in [1.54, 1.807) is 24.4 Å². The Morgan fingerprint density at radius 1 is 1.07 bits per heavy atom. The smallest absolute Gasteiger partial charge is 0.127 e. The highest BCUT2D eigenvalue weighted by molar-refractivity contribution is 6.33. The summed E-state index contributed by atoms with van der Waals surface area (Å²) in [5.41, 5.74) is 3.49. The molecule has 0 unspecified atom stereocenters. The van der Waals surface area contributed by atoms with E-state index in [1.165, 1.54) is 6.07 Å². The molecule has 0 saturated heterocycles. The van der Waals surface area contributed by atoms with E-state index in [4.69, 9.17) is 27.9 Å². The first-order valence-electron chi connectivity index (χ1n) is 10.1. The fraction of sp³-hybridized carbons (Fsp3) is 0.292. The second kappa shape index (κ2) is 7.84. The van der Waals surface area contributed by atoms with Crippen molar-refractivity contribution in [1.82, 2.24) is 10.3 Å². The van der Waals surface area contributed by atoms with Crippen molar-refractivity contribution in [2.45, 2.75) is 43.9 Å². The molecule has 3 nitrogen and oxygen atoms in total. The van der Waals surface area contributed by atoms with Gasteiger partial charge in [0.05, 0.1) is 6.10 Å². The second-order valence-corrected chi connectivity index (χ2v) is 8.89. The Morgan fingerprint density at radius 2 is 1.90 bits per heavy atom. The fourth-order valence-electron chi connectivity index (χ4n) is 3.80. The second-order valence-electron chi connectivity index (χ2n) is 8.05. The van der Waals surface area contributed by atoms with Crippen molar-refractivity contribution < 1.29 is 9.13 Å². The minimum atomic E-state index is -0.278. The number of benzene rings is 2. The van der Waals surface area contributed by atoms with Gasteiger partial charge < -0.3 is 10.1 Å². The summed E-state index contributed by atoms with van der Waals surface area (Å²) in [4.78, 5) is 4.37. The van der Waals surface area contributed by atoms with Crippen LogP contribution in [-0.4, -0.2) is 11.1 Å². The number of pyridine rings is 1. The predicted molar refractivity (Wildman–Crippen MR) is 117 cm³/mol. The van der Waals surface area contributed by atoms with Crippen molar-refractivity contribution in [1.29, 1.82) is 0 Å². The number of hydrogen-bond donors (Lipinski definition) is 1. The van der Waals surface area contributed by atoms with Gasteiger partial charge in [-0.05, 0) is 84.8 Å². The summed E-state index contributed by atoms with van der Waals surface area (Å²) < 4.78 is 20.2. The summed E-state index contributed by atoms with van der Waals surface area (Å²) in [6.07, 6.45) is 7.89. The monoisotopic (exact) mass is 442 g/mol. The first kappa shape index (κ1) is 19.8. The van der Waals surface area contributed by atoms with Crippen LogP contribution in [0.15, 0.2) is 54.9 Å². The number of hydrogen-bond acceptors (Lipinski definition) is 3. The normalized spacial score (nSPS) is 17.0. The predicted octanol–water partition coefficient (Wildman–Crippen LogP) is 6.51. The van der Waals surface area contributed by atoms with Gasteiger partial charge in [-0.25, -0.2) is 4.39 Å². The molecule has 5 rings (SSSR count). The molecule has 0 spiro atoms. The summed E-state index contributed by atoms with van der Waals surface area (Å²) in [7, 11) is 0. The molecule has 0 amide bonds. The molecule has 154 valence electrons. The van der Waals surface area contributed by atoms with E-state index in [0.29, 0.717) is 16.6 Å². The van der Waals surface area contributed by atoms with Crippen molar-refractivity contribution in [3.63, 3.8) is 0 Å². The molecule has 1 aromatic heterocycles. The molecule has 1 N–H and O–H groups in total. The summed E-state index contributed by atoms with van der Waals surface area (Å²) in [6.45, 7) is 0.586. The van der Waals surface area contributed by atoms with Crippen LogP contribution in [0, 0.1) is 5.82 Å². The van der Waals surface area contributed by atoms with Gasteiger partial charge in [0.2, 0.25) is 0 Å². The van der Waals surface area contributed by atoms with E-state index in [1.807, 2.05) is 24.4 Å². The number of nitrogens with zero attached hydrogens (tertiary/aromatic N) is 1. The maximum absolute atomic E-state index is 14.2. The molecule has 6 heteroatoms. The zero-order chi connectivity index (χ0) is 20.7. The minimum Gasteiger partial charge on any atom is -0.490 e. The van der Waals surface area contributed by atoms with Crippen LogP contribution in [-0.2, 0) is 12.1 Å². The number of nitrogens with one attached hydrogen (secondary N) is 1. The van der Waals surface area contributed by atoms with Crippen molar-refractivity contribution in [2.75, 3.05) is 0 Å². The van der Waals surface area contributed by atoms with E-state index in [0.717, 1.165) is 53.7 Å². The average Bonchev–Trinajstić information content (AvgIpc) is 3.67. The van der Waals surface area contributed by atoms with Gasteiger partial charge in [0, 0.05) is 40.1 Å². The quantitative estimate of drug-likeness (QED) is 0.452. The largest absolute Gasteiger partial charge is 0.490 e. The summed E-state index contributed by atoms with van der Waals surface area (Å²) >= 11 is 12.5. The number of aromatic nitrogens is 1. The van der Waals surface area contributed by atoms with Gasteiger partial charge in [-0.3, -0.25) is 4.98 Å². The molecule has 2 aliphatic carbocycles. The van der Waals surface area contributed by atoms with Gasteiger partial charge in [0.1, 0.15) is 11.6 Å². The van der Waals surface area contributed by atoms with Crippen LogP contribution in [0.1, 0.15) is 36.8 Å². The lowest BCUT2D eigenvalue weighted by molar-refractivity contribution is 0.304. The highest BCUT2D eigenvalue weighted by Crippen LogP contribution is 2.50. The van der Waals surface area contributed by atoms with Crippen molar-refractivity contribution in [3.8, 4) is 16.9 Å². The Hall–Kier alpha value is -2.14. The zero-order valence-corrected chi connectivity index (χ0v) is 17.8. The van der Waals surface area contributed by atoms with Crippen LogP contribution >= 0.6 is 23.2 Å². The van der Waals surface area contributed by atoms with Gasteiger partial charge in [-0.15, -0.1) is 0 Å². The highest BCUT2D eigenvalue weighted by atomic mass is 35.5. The first-order chi connectivity index (χ1) is 14.5. The number of rotatable bonds is 7. The maximum Gasteiger partial charge on any atom is 0.127 e. The van der Waals surface area contributed by atoms with Gasteiger partial charge >= 0.3 is 0 Å². The third-order valence-corrected chi connectivity index (χ3v) is 6.37. The molecular weight excluding hydrogens is 422 g/mol. The summed E-state index contributed by atoms with van der Waals surface area (Å²) in [6, 6.07) is 12.2. The lowest BCUT2D eigenvalue weighted by Crippen LogP contribution is -2.29. The van der Waals surface area contributed by atoms with Gasteiger partial charge in [-0.2, -0.15) is 0 Å². The van der Waals surface area contributed by atoms with Gasteiger partial charge in [0.15, 0.2) is 0 Å². The summed E-state index contributed by atoms with van der Waals surface area (Å²) in [5.74, 6) is 0.444. The van der Waals surface area contributed by atoms with Crippen LogP contribution in [0.4, 0.5) is 4.39 Å². The third kappa shape index (κ3) is 4.04. The van der Waals surface area contributed by atoms with Crippen LogP contribution in [0.2, 0.25) is 10.0 Å². The molecule has 0 atom stereocenters. The van der Waals surface area contributed by atoms with Crippen molar-refractivity contribution in [2.24, 2.45) is 0 Å². The van der Waals surface area contributed by atoms with E-state index in [2.05, 4.69) is 10.3 Å². The number of halogens is 3. The van der Waals surface area contributed by atoms with Crippen LogP contribution in [0.5, 0.6) is 5.75 Å². The lowest BCUT2D eigenvalue weighted by Gasteiger charge is -2.22. The molecule has 1 heterocycles. The first-order valence-corrected chi connectivity index (χ1v) is 10.9. The van der Waals surface area contributed by atoms with Crippen LogP contribution < -0.4 is 10.1 Å². The molecule has 2 saturated carbocycles. The standard InChI is InChI=1S/C24H21Cl2FN2O/c25-16-1-5-22(26)15(11-16)13-29-24(8-9-24)21-14-28-10-7-19(21)20-12-17(27)2-6-23(20)30-18-3-4-18/h1-2,5-7,10-12,14,18,29H,3-4,8-9,13H2. The molecule has 0 bridgehead atoms. The van der Waals surface area contributed by atoms with Crippen molar-refractivity contribution in [3.05, 3.63) is 81.8 Å². The Labute approximate surface area is 185 Å². The molecule has 2 fully saturated rings. The topological polar surface area (TPSA) is 34.1 Å². The van der Waals surface area contributed by atoms with E-state index >= 15 is 0 Å². The molecule has 2 aromatic carbocycles. The van der Waals surface area contributed by atoms with E-state index in [9.17, 15) is 4.39 Å². The fourth-order valence-corrected chi connectivity index (χ4v) is 4.18. The molecule has 3 aromatic rings. The SMILES string of the molecule is Fc1ccc(OC2CC2)c(-c2ccncc2C2(NCc3cc(Cl)ccc3Cl)CC2)c1. The average molecular weight is 443 g/mol. The highest BCUT2D eigenvalue weighted by Gasteiger charge is 2.46. The molecule has 0 radical (unpaired) electrons. The Kier molecular flexibility index (Phi) is 5.18.